The predicted molar refractivity (Wildman–Crippen MR) is 32.9 cm³/mol. The first kappa shape index (κ1) is 4.59. The van der Waals surface area contributed by atoms with Crippen LogP contribution in [0.15, 0.2) is 9.66 Å². The van der Waals surface area contributed by atoms with Crippen LogP contribution in [-0.4, -0.2) is 13.2 Å². The maximum Gasteiger partial charge on any atom is 0.0775 e. The van der Waals surface area contributed by atoms with E-state index in [0.29, 0.717) is 0 Å². The molecule has 1 nitrogen and oxygen atoms in total. The van der Waals surface area contributed by atoms with Gasteiger partial charge < -0.3 is 4.74 Å². The molecule has 2 heteroatoms. The average Bonchev–Trinajstić information content (AvgIpc) is 1.86. The molecule has 1 aliphatic rings. The largest absolute Gasteiger partial charge is 0.372 e. The van der Waals surface area contributed by atoms with Crippen molar-refractivity contribution in [3.8, 4) is 0 Å². The molecule has 0 N–H and O–H groups in total. The van der Waals surface area contributed by atoms with E-state index in [1.807, 2.05) is 0 Å². The van der Waals surface area contributed by atoms with Crippen LogP contribution in [0, 0.1) is 0 Å². The summed E-state index contributed by atoms with van der Waals surface area (Å²) >= 11 is 2.27. The number of hydrogen-bond acceptors (Lipinski definition) is 1. The molecule has 0 aromatic heterocycles. The van der Waals surface area contributed by atoms with Crippen LogP contribution in [0.1, 0.15) is 0 Å². The van der Waals surface area contributed by atoms with Crippen LogP contribution >= 0.6 is 22.6 Å². The molecule has 0 spiro atoms. The molecule has 34 valence electrons. The van der Waals surface area contributed by atoms with Gasteiger partial charge in [0.1, 0.15) is 0 Å². The van der Waals surface area contributed by atoms with Crippen molar-refractivity contribution >= 4 is 22.6 Å². The van der Waals surface area contributed by atoms with Gasteiger partial charge in [0.05, 0.1) is 13.2 Å². The average molecular weight is 196 g/mol. The summed E-state index contributed by atoms with van der Waals surface area (Å²) < 4.78 is 6.28. The van der Waals surface area contributed by atoms with E-state index in [0.717, 1.165) is 13.2 Å². The molecule has 1 rings (SSSR count). The third-order valence-corrected chi connectivity index (χ3v) is 1.41. The number of ether oxygens (including phenoxy) is 1. The van der Waals surface area contributed by atoms with Crippen molar-refractivity contribution in [2.45, 2.75) is 0 Å². The Kier molecular flexibility index (Phi) is 1.48. The fraction of sp³-hybridized carbons (Fsp3) is 0.500. The second kappa shape index (κ2) is 1.93. The van der Waals surface area contributed by atoms with Gasteiger partial charge in [0.2, 0.25) is 0 Å². The normalized spacial score (nSPS) is 21.2. The standard InChI is InChI=1S/C4H5IO/c5-4-1-2-6-3-4/h1H,2-3H2. The molecular formula is C4H5IO. The highest BCUT2D eigenvalue weighted by molar-refractivity contribution is 14.1. The Morgan fingerprint density at radius 2 is 2.67 bits per heavy atom. The number of halogens is 1. The van der Waals surface area contributed by atoms with Crippen LogP contribution in [0.25, 0.3) is 0 Å². The van der Waals surface area contributed by atoms with Gasteiger partial charge in [-0.2, -0.15) is 0 Å². The Morgan fingerprint density at radius 3 is 2.83 bits per heavy atom. The summed E-state index contributed by atoms with van der Waals surface area (Å²) in [4.78, 5) is 0. The zero-order chi connectivity index (χ0) is 4.41. The van der Waals surface area contributed by atoms with E-state index in [2.05, 4.69) is 28.7 Å². The molecule has 1 aliphatic heterocycles. The van der Waals surface area contributed by atoms with Crippen LogP contribution in [0.4, 0.5) is 0 Å². The summed E-state index contributed by atoms with van der Waals surface area (Å²) in [5, 5.41) is 0. The van der Waals surface area contributed by atoms with Crippen LogP contribution in [0.3, 0.4) is 0 Å². The molecular weight excluding hydrogens is 191 g/mol. The Bertz CT molecular complexity index is 77.6. The van der Waals surface area contributed by atoms with Crippen LogP contribution < -0.4 is 0 Å². The smallest absolute Gasteiger partial charge is 0.0775 e. The van der Waals surface area contributed by atoms with Gasteiger partial charge in [0.15, 0.2) is 0 Å². The molecule has 0 atom stereocenters. The SMILES string of the molecule is IC1=CCOC1. The van der Waals surface area contributed by atoms with Crippen molar-refractivity contribution < 1.29 is 4.74 Å². The first-order chi connectivity index (χ1) is 2.89. The molecule has 0 aromatic carbocycles. The topological polar surface area (TPSA) is 9.23 Å². The zero-order valence-corrected chi connectivity index (χ0v) is 5.44. The van der Waals surface area contributed by atoms with Gasteiger partial charge in [-0.25, -0.2) is 0 Å². The Morgan fingerprint density at radius 1 is 1.83 bits per heavy atom. The third-order valence-electron chi connectivity index (χ3n) is 0.663. The number of hydrogen-bond donors (Lipinski definition) is 0. The van der Waals surface area contributed by atoms with E-state index < -0.39 is 0 Å². The highest BCUT2D eigenvalue weighted by Crippen LogP contribution is 2.10. The lowest BCUT2D eigenvalue weighted by Crippen LogP contribution is -1.79. The molecule has 1 heterocycles. The van der Waals surface area contributed by atoms with Gasteiger partial charge in [-0.3, -0.25) is 0 Å². The van der Waals surface area contributed by atoms with E-state index in [9.17, 15) is 0 Å². The lowest BCUT2D eigenvalue weighted by Gasteiger charge is -1.81. The second-order valence-electron chi connectivity index (χ2n) is 1.17. The Balaban J connectivity index is 2.45. The zero-order valence-electron chi connectivity index (χ0n) is 3.28. The van der Waals surface area contributed by atoms with Crippen LogP contribution in [0.2, 0.25) is 0 Å². The summed E-state index contributed by atoms with van der Waals surface area (Å²) in [6.45, 7) is 1.65. The van der Waals surface area contributed by atoms with Gasteiger partial charge in [-0.1, -0.05) is 0 Å². The van der Waals surface area contributed by atoms with Gasteiger partial charge in [0, 0.05) is 3.58 Å². The highest BCUT2D eigenvalue weighted by Gasteiger charge is 1.96. The summed E-state index contributed by atoms with van der Waals surface area (Å²) in [6, 6.07) is 0. The summed E-state index contributed by atoms with van der Waals surface area (Å²) in [5.74, 6) is 0. The van der Waals surface area contributed by atoms with Crippen molar-refractivity contribution in [3.05, 3.63) is 9.66 Å². The quantitative estimate of drug-likeness (QED) is 0.531. The maximum absolute atomic E-state index is 4.96. The highest BCUT2D eigenvalue weighted by atomic mass is 127. The second-order valence-corrected chi connectivity index (χ2v) is 2.55. The minimum Gasteiger partial charge on any atom is -0.372 e. The molecule has 0 saturated heterocycles. The van der Waals surface area contributed by atoms with Crippen LogP contribution in [-0.2, 0) is 4.74 Å². The fourth-order valence-corrected chi connectivity index (χ4v) is 0.765. The molecule has 0 amide bonds. The molecule has 0 unspecified atom stereocenters. The molecule has 0 aliphatic carbocycles. The lowest BCUT2D eigenvalue weighted by molar-refractivity contribution is 0.212. The molecule has 0 fully saturated rings. The van der Waals surface area contributed by atoms with Crippen molar-refractivity contribution in [3.63, 3.8) is 0 Å². The molecule has 0 bridgehead atoms. The lowest BCUT2D eigenvalue weighted by atomic mass is 10.6. The maximum atomic E-state index is 4.96. The summed E-state index contributed by atoms with van der Waals surface area (Å²) in [6.07, 6.45) is 2.08. The van der Waals surface area contributed by atoms with Crippen LogP contribution in [0.5, 0.6) is 0 Å². The van der Waals surface area contributed by atoms with E-state index >= 15 is 0 Å². The van der Waals surface area contributed by atoms with E-state index in [1.165, 1.54) is 3.58 Å². The Labute approximate surface area is 50.5 Å². The van der Waals surface area contributed by atoms with Crippen molar-refractivity contribution in [2.75, 3.05) is 13.2 Å². The predicted octanol–water partition coefficient (Wildman–Crippen LogP) is 1.34. The number of rotatable bonds is 0. The molecule has 0 saturated carbocycles. The monoisotopic (exact) mass is 196 g/mol. The van der Waals surface area contributed by atoms with Crippen molar-refractivity contribution in [1.29, 1.82) is 0 Å². The Hall–Kier alpha value is 0.430. The summed E-state index contributed by atoms with van der Waals surface area (Å²) in [7, 11) is 0. The fourth-order valence-electron chi connectivity index (χ4n) is 0.365. The third kappa shape index (κ3) is 0.944. The summed E-state index contributed by atoms with van der Waals surface area (Å²) in [5.41, 5.74) is 0. The molecule has 0 radical (unpaired) electrons. The molecule has 0 aromatic rings. The van der Waals surface area contributed by atoms with Gasteiger partial charge >= 0.3 is 0 Å². The first-order valence-corrected chi connectivity index (χ1v) is 2.90. The van der Waals surface area contributed by atoms with E-state index in [1.54, 1.807) is 0 Å². The molecule has 6 heavy (non-hydrogen) atoms. The van der Waals surface area contributed by atoms with Gasteiger partial charge in [-0.15, -0.1) is 0 Å². The van der Waals surface area contributed by atoms with Crippen molar-refractivity contribution in [1.82, 2.24) is 0 Å². The van der Waals surface area contributed by atoms with E-state index in [4.69, 9.17) is 4.74 Å². The minimum atomic E-state index is 0.818. The van der Waals surface area contributed by atoms with Crippen molar-refractivity contribution in [2.24, 2.45) is 0 Å². The van der Waals surface area contributed by atoms with Gasteiger partial charge in [0.25, 0.3) is 0 Å². The first-order valence-electron chi connectivity index (χ1n) is 1.82. The van der Waals surface area contributed by atoms with Gasteiger partial charge in [-0.05, 0) is 28.7 Å². The minimum absolute atomic E-state index is 0.818. The van der Waals surface area contributed by atoms with E-state index in [-0.39, 0.29) is 0 Å².